The quantitative estimate of drug-likeness (QED) is 0.0320. The first-order valence-electron chi connectivity index (χ1n) is 42.0. The van der Waals surface area contributed by atoms with E-state index in [9.17, 15) is 19.8 Å². The van der Waals surface area contributed by atoms with Crippen molar-refractivity contribution < 1.29 is 24.5 Å². The molecular formula is C84H165NO5. The predicted molar refractivity (Wildman–Crippen MR) is 398 cm³/mol. The molecule has 0 fully saturated rings. The van der Waals surface area contributed by atoms with Gasteiger partial charge in [-0.05, 0) is 32.1 Å². The van der Waals surface area contributed by atoms with Crippen molar-refractivity contribution in [1.29, 1.82) is 0 Å². The zero-order chi connectivity index (χ0) is 64.9. The first-order chi connectivity index (χ1) is 44.5. The summed E-state index contributed by atoms with van der Waals surface area (Å²) in [7, 11) is 0. The molecule has 0 rings (SSSR count). The number of ether oxygens (including phenoxy) is 1. The number of hydrogen-bond donors (Lipinski definition) is 3. The smallest absolute Gasteiger partial charge is 0.305 e. The first-order valence-corrected chi connectivity index (χ1v) is 42.0. The number of amides is 1. The van der Waals surface area contributed by atoms with Crippen LogP contribution in [0.25, 0.3) is 0 Å². The van der Waals surface area contributed by atoms with Gasteiger partial charge in [0.15, 0.2) is 0 Å². The number of esters is 1. The number of aliphatic hydroxyl groups excluding tert-OH is 2. The van der Waals surface area contributed by atoms with Gasteiger partial charge in [0.2, 0.25) is 5.91 Å². The lowest BCUT2D eigenvalue weighted by molar-refractivity contribution is -0.143. The molecule has 2 unspecified atom stereocenters. The summed E-state index contributed by atoms with van der Waals surface area (Å²) in [6.45, 7) is 4.97. The molecular weight excluding hydrogens is 1100 g/mol. The van der Waals surface area contributed by atoms with Crippen molar-refractivity contribution in [3.05, 3.63) is 12.2 Å². The molecule has 0 radical (unpaired) electrons. The minimum atomic E-state index is -0.840. The van der Waals surface area contributed by atoms with Crippen LogP contribution in [0.5, 0.6) is 0 Å². The van der Waals surface area contributed by atoms with Crippen molar-refractivity contribution in [2.45, 2.75) is 501 Å². The predicted octanol–water partition coefficient (Wildman–Crippen LogP) is 27.8. The molecule has 6 heteroatoms. The molecule has 0 aromatic heterocycles. The third kappa shape index (κ3) is 75.6. The summed E-state index contributed by atoms with van der Waals surface area (Å²) >= 11 is 0. The molecule has 0 aliphatic carbocycles. The molecule has 1 amide bonds. The number of hydrogen-bond acceptors (Lipinski definition) is 5. The average molecular weight is 1270 g/mol. The Kier molecular flexibility index (Phi) is 78.8. The Hall–Kier alpha value is -1.40. The summed E-state index contributed by atoms with van der Waals surface area (Å²) in [5.41, 5.74) is 0. The maximum Gasteiger partial charge on any atom is 0.305 e. The van der Waals surface area contributed by atoms with E-state index in [1.54, 1.807) is 6.08 Å². The van der Waals surface area contributed by atoms with E-state index in [1.165, 1.54) is 424 Å². The highest BCUT2D eigenvalue weighted by Crippen LogP contribution is 2.21. The van der Waals surface area contributed by atoms with Gasteiger partial charge in [0.05, 0.1) is 25.4 Å². The molecule has 0 saturated heterocycles. The number of unbranched alkanes of at least 4 members (excludes halogenated alkanes) is 69. The van der Waals surface area contributed by atoms with Crippen molar-refractivity contribution in [3.63, 3.8) is 0 Å². The van der Waals surface area contributed by atoms with Crippen LogP contribution in [0.1, 0.15) is 489 Å². The molecule has 0 aliphatic heterocycles. The molecule has 0 heterocycles. The van der Waals surface area contributed by atoms with E-state index in [4.69, 9.17) is 4.74 Å². The third-order valence-corrected chi connectivity index (χ3v) is 20.1. The molecule has 536 valence electrons. The van der Waals surface area contributed by atoms with Gasteiger partial charge in [-0.1, -0.05) is 456 Å². The highest BCUT2D eigenvalue weighted by molar-refractivity contribution is 5.76. The maximum absolute atomic E-state index is 12.5. The Labute approximate surface area is 565 Å². The lowest BCUT2D eigenvalue weighted by Gasteiger charge is -2.20. The topological polar surface area (TPSA) is 95.9 Å². The zero-order valence-corrected chi connectivity index (χ0v) is 61.7. The summed E-state index contributed by atoms with van der Waals surface area (Å²) in [5.74, 6) is -0.0285. The number of aliphatic hydroxyl groups is 2. The lowest BCUT2D eigenvalue weighted by atomic mass is 10.0. The van der Waals surface area contributed by atoms with E-state index >= 15 is 0 Å². The van der Waals surface area contributed by atoms with Crippen LogP contribution < -0.4 is 5.32 Å². The van der Waals surface area contributed by atoms with Crippen molar-refractivity contribution in [2.75, 3.05) is 13.2 Å². The largest absolute Gasteiger partial charge is 0.466 e. The number of allylic oxidation sites excluding steroid dienone is 1. The van der Waals surface area contributed by atoms with Crippen LogP contribution in [0.4, 0.5) is 0 Å². The summed E-state index contributed by atoms with van der Waals surface area (Å²) in [4.78, 5) is 24.7. The van der Waals surface area contributed by atoms with Crippen molar-refractivity contribution in [2.24, 2.45) is 0 Å². The fourth-order valence-electron chi connectivity index (χ4n) is 13.7. The van der Waals surface area contributed by atoms with Gasteiger partial charge >= 0.3 is 5.97 Å². The Morgan fingerprint density at radius 3 is 0.756 bits per heavy atom. The van der Waals surface area contributed by atoms with Crippen LogP contribution >= 0.6 is 0 Å². The van der Waals surface area contributed by atoms with Gasteiger partial charge in [0, 0.05) is 12.8 Å². The number of rotatable bonds is 80. The van der Waals surface area contributed by atoms with Gasteiger partial charge in [-0.2, -0.15) is 0 Å². The third-order valence-electron chi connectivity index (χ3n) is 20.1. The fourth-order valence-corrected chi connectivity index (χ4v) is 13.7. The van der Waals surface area contributed by atoms with Crippen LogP contribution in [-0.4, -0.2) is 47.4 Å². The standard InChI is InChI=1S/C84H165NO5/c1-3-5-7-9-11-13-15-17-19-21-41-46-50-54-58-62-66-70-74-78-84(89)90-79-75-71-67-63-59-55-51-47-43-40-38-36-34-32-30-28-26-24-22-23-25-27-29-31-33-35-37-39-42-45-49-53-57-61-65-69-73-77-83(88)85-81(80-86)82(87)76-72-68-64-60-56-52-48-44-20-18-16-14-12-10-8-6-4-2/h72,76,81-82,86-87H,3-71,73-75,77-80H2,1-2H3,(H,85,88)/b76-72+. The van der Waals surface area contributed by atoms with Crippen molar-refractivity contribution in [1.82, 2.24) is 5.32 Å². The van der Waals surface area contributed by atoms with Gasteiger partial charge in [-0.25, -0.2) is 0 Å². The normalized spacial score (nSPS) is 12.4. The summed E-state index contributed by atoms with van der Waals surface area (Å²) in [6, 6.07) is -0.623. The van der Waals surface area contributed by atoms with E-state index < -0.39 is 12.1 Å². The second-order valence-electron chi connectivity index (χ2n) is 29.2. The molecule has 6 nitrogen and oxygen atoms in total. The van der Waals surface area contributed by atoms with Crippen LogP contribution in [0.3, 0.4) is 0 Å². The van der Waals surface area contributed by atoms with E-state index in [0.717, 1.165) is 38.5 Å². The second kappa shape index (κ2) is 80.0. The Morgan fingerprint density at radius 2 is 0.511 bits per heavy atom. The Bertz CT molecular complexity index is 1370. The van der Waals surface area contributed by atoms with Gasteiger partial charge < -0.3 is 20.3 Å². The molecule has 0 aromatic carbocycles. The van der Waals surface area contributed by atoms with Crippen molar-refractivity contribution in [3.8, 4) is 0 Å². The van der Waals surface area contributed by atoms with Gasteiger partial charge in [-0.3, -0.25) is 9.59 Å². The highest BCUT2D eigenvalue weighted by Gasteiger charge is 2.18. The second-order valence-corrected chi connectivity index (χ2v) is 29.2. The fraction of sp³-hybridized carbons (Fsp3) is 0.952. The van der Waals surface area contributed by atoms with Crippen molar-refractivity contribution >= 4 is 11.9 Å². The molecule has 0 spiro atoms. The van der Waals surface area contributed by atoms with E-state index in [-0.39, 0.29) is 18.5 Å². The van der Waals surface area contributed by atoms with E-state index in [1.807, 2.05) is 6.08 Å². The monoisotopic (exact) mass is 1270 g/mol. The Morgan fingerprint density at radius 1 is 0.300 bits per heavy atom. The lowest BCUT2D eigenvalue weighted by Crippen LogP contribution is -2.45. The van der Waals surface area contributed by atoms with Crippen LogP contribution in [0, 0.1) is 0 Å². The minimum absolute atomic E-state index is 0.0293. The minimum Gasteiger partial charge on any atom is -0.466 e. The SMILES string of the molecule is CCCCCCCCCCCCCCCCC/C=C/C(O)C(CO)NC(=O)CCCCCCCCCCCCCCCCCCCCCCCCCCCCCCCCCCCCCCCOC(=O)CCCCCCCCCCCCCCCCCCCCC. The average Bonchev–Trinajstić information content (AvgIpc) is 3.72. The summed E-state index contributed by atoms with van der Waals surface area (Å²) in [6.07, 6.45) is 102. The Balaban J connectivity index is 3.29. The molecule has 0 aromatic rings. The number of carbonyl (C=O) groups excluding carboxylic acids is 2. The van der Waals surface area contributed by atoms with Gasteiger partial charge in [0.25, 0.3) is 0 Å². The highest BCUT2D eigenvalue weighted by atomic mass is 16.5. The van der Waals surface area contributed by atoms with Crippen LogP contribution in [0.2, 0.25) is 0 Å². The van der Waals surface area contributed by atoms with E-state index in [0.29, 0.717) is 19.4 Å². The molecule has 0 aliphatic rings. The number of carbonyl (C=O) groups is 2. The molecule has 3 N–H and O–H groups in total. The number of nitrogens with one attached hydrogen (secondary N) is 1. The van der Waals surface area contributed by atoms with Crippen LogP contribution in [-0.2, 0) is 14.3 Å². The summed E-state index contributed by atoms with van der Waals surface area (Å²) in [5, 5.41) is 23.2. The summed E-state index contributed by atoms with van der Waals surface area (Å²) < 4.78 is 5.53. The van der Waals surface area contributed by atoms with E-state index in [2.05, 4.69) is 19.2 Å². The maximum atomic E-state index is 12.5. The van der Waals surface area contributed by atoms with Gasteiger partial charge in [-0.15, -0.1) is 0 Å². The zero-order valence-electron chi connectivity index (χ0n) is 61.7. The van der Waals surface area contributed by atoms with Crippen LogP contribution in [0.15, 0.2) is 12.2 Å². The van der Waals surface area contributed by atoms with Gasteiger partial charge in [0.1, 0.15) is 0 Å². The molecule has 0 bridgehead atoms. The molecule has 0 saturated carbocycles. The molecule has 90 heavy (non-hydrogen) atoms. The first kappa shape index (κ1) is 88.6. The molecule has 2 atom stereocenters.